The van der Waals surface area contributed by atoms with E-state index in [0.717, 1.165) is 10.5 Å². The highest BCUT2D eigenvalue weighted by Crippen LogP contribution is 2.20. The molecule has 0 aliphatic carbocycles. The van der Waals surface area contributed by atoms with Crippen LogP contribution >= 0.6 is 23.4 Å². The van der Waals surface area contributed by atoms with E-state index in [1.807, 2.05) is 19.1 Å². The van der Waals surface area contributed by atoms with Crippen LogP contribution in [0.5, 0.6) is 0 Å². The van der Waals surface area contributed by atoms with Gasteiger partial charge in [0.2, 0.25) is 11.8 Å². The molecule has 0 saturated heterocycles. The van der Waals surface area contributed by atoms with Gasteiger partial charge in [0.05, 0.1) is 0 Å². The maximum atomic E-state index is 12.9. The van der Waals surface area contributed by atoms with Crippen LogP contribution in [-0.4, -0.2) is 35.1 Å². The predicted molar refractivity (Wildman–Crippen MR) is 117 cm³/mol. The van der Waals surface area contributed by atoms with Crippen LogP contribution in [0.25, 0.3) is 0 Å². The number of rotatable bonds is 9. The third-order valence-corrected chi connectivity index (χ3v) is 5.66. The fourth-order valence-electron chi connectivity index (χ4n) is 2.73. The molecule has 0 saturated carbocycles. The van der Waals surface area contributed by atoms with Crippen LogP contribution in [0.4, 0.5) is 0 Å². The average molecular weight is 419 g/mol. The predicted octanol–water partition coefficient (Wildman–Crippen LogP) is 4.68. The molecule has 0 radical (unpaired) electrons. The minimum absolute atomic E-state index is 0.0340. The number of halogens is 1. The van der Waals surface area contributed by atoms with Gasteiger partial charge in [-0.3, -0.25) is 9.59 Å². The molecule has 0 fully saturated rings. The summed E-state index contributed by atoms with van der Waals surface area (Å²) in [7, 11) is 0. The zero-order valence-electron chi connectivity index (χ0n) is 16.6. The normalized spacial score (nSPS) is 11.7. The number of hydrogen-bond acceptors (Lipinski definition) is 3. The molecule has 6 heteroatoms. The van der Waals surface area contributed by atoms with Gasteiger partial charge in [0.1, 0.15) is 6.04 Å². The first-order valence-corrected chi connectivity index (χ1v) is 10.8. The van der Waals surface area contributed by atoms with Crippen molar-refractivity contribution < 1.29 is 9.59 Å². The first-order valence-electron chi connectivity index (χ1n) is 9.41. The number of nitrogens with zero attached hydrogens (tertiary/aromatic N) is 1. The van der Waals surface area contributed by atoms with Gasteiger partial charge in [0, 0.05) is 35.2 Å². The molecule has 1 N–H and O–H groups in total. The van der Waals surface area contributed by atoms with E-state index in [9.17, 15) is 9.59 Å². The van der Waals surface area contributed by atoms with Crippen molar-refractivity contribution in [1.29, 1.82) is 0 Å². The lowest BCUT2D eigenvalue weighted by Gasteiger charge is -2.28. The quantitative estimate of drug-likeness (QED) is 0.601. The van der Waals surface area contributed by atoms with E-state index in [-0.39, 0.29) is 11.8 Å². The molecule has 0 bridgehead atoms. The highest BCUT2D eigenvalue weighted by Gasteiger charge is 2.25. The Labute approximate surface area is 176 Å². The second kappa shape index (κ2) is 11.1. The third kappa shape index (κ3) is 6.88. The molecule has 1 unspecified atom stereocenters. The van der Waals surface area contributed by atoms with Crippen molar-refractivity contribution in [2.24, 2.45) is 0 Å². The van der Waals surface area contributed by atoms with Crippen molar-refractivity contribution in [3.05, 3.63) is 64.7 Å². The lowest BCUT2D eigenvalue weighted by atomic mass is 10.1. The maximum absolute atomic E-state index is 12.9. The molecular weight excluding hydrogens is 392 g/mol. The standard InChI is InChI=1S/C22H27ClN2O2S/c1-4-24-22(27)17(3)25(15-18-7-9-19(23)10-8-18)21(26)13-14-28-20-11-5-16(2)6-12-20/h5-12,17H,4,13-15H2,1-3H3,(H,24,27). The van der Waals surface area contributed by atoms with Crippen molar-refractivity contribution in [2.45, 2.75) is 44.7 Å². The Morgan fingerprint density at radius 1 is 1.11 bits per heavy atom. The Hall–Kier alpha value is -1.98. The Morgan fingerprint density at radius 3 is 2.36 bits per heavy atom. The number of carbonyl (C=O) groups is 2. The molecule has 2 amide bonds. The van der Waals surface area contributed by atoms with Crippen molar-refractivity contribution in [3.63, 3.8) is 0 Å². The van der Waals surface area contributed by atoms with Crippen molar-refractivity contribution in [1.82, 2.24) is 10.2 Å². The zero-order chi connectivity index (χ0) is 20.5. The highest BCUT2D eigenvalue weighted by molar-refractivity contribution is 7.99. The van der Waals surface area contributed by atoms with Gasteiger partial charge in [0.15, 0.2) is 0 Å². The number of nitrogens with one attached hydrogen (secondary N) is 1. The van der Waals surface area contributed by atoms with Crippen LogP contribution in [0.2, 0.25) is 5.02 Å². The van der Waals surface area contributed by atoms with Gasteiger partial charge in [-0.15, -0.1) is 11.8 Å². The maximum Gasteiger partial charge on any atom is 0.242 e. The summed E-state index contributed by atoms with van der Waals surface area (Å²) in [6, 6.07) is 15.1. The molecule has 2 rings (SSSR count). The summed E-state index contributed by atoms with van der Waals surface area (Å²) >= 11 is 7.60. The summed E-state index contributed by atoms with van der Waals surface area (Å²) in [4.78, 5) is 28.0. The summed E-state index contributed by atoms with van der Waals surface area (Å²) in [6.45, 7) is 6.61. The SMILES string of the molecule is CCNC(=O)C(C)N(Cc1ccc(Cl)cc1)C(=O)CCSc1ccc(C)cc1. The van der Waals surface area contributed by atoms with Crippen LogP contribution in [-0.2, 0) is 16.1 Å². The third-order valence-electron chi connectivity index (χ3n) is 4.39. The fraction of sp³-hybridized carbons (Fsp3) is 0.364. The molecule has 0 heterocycles. The first-order chi connectivity index (χ1) is 13.4. The summed E-state index contributed by atoms with van der Waals surface area (Å²) in [5.74, 6) is 0.491. The van der Waals surface area contributed by atoms with Crippen molar-refractivity contribution >= 4 is 35.2 Å². The van der Waals surface area contributed by atoms with Gasteiger partial charge in [-0.1, -0.05) is 41.4 Å². The first kappa shape index (κ1) is 22.3. The average Bonchev–Trinajstić information content (AvgIpc) is 2.68. The minimum atomic E-state index is -0.535. The summed E-state index contributed by atoms with van der Waals surface area (Å²) < 4.78 is 0. The zero-order valence-corrected chi connectivity index (χ0v) is 18.1. The smallest absolute Gasteiger partial charge is 0.242 e. The molecule has 0 spiro atoms. The van der Waals surface area contributed by atoms with E-state index in [0.29, 0.717) is 30.3 Å². The van der Waals surface area contributed by atoms with Crippen LogP contribution in [0.15, 0.2) is 53.4 Å². The van der Waals surface area contributed by atoms with Gasteiger partial charge >= 0.3 is 0 Å². The highest BCUT2D eigenvalue weighted by atomic mass is 35.5. The van der Waals surface area contributed by atoms with E-state index in [1.165, 1.54) is 5.56 Å². The molecule has 2 aromatic rings. The van der Waals surface area contributed by atoms with E-state index < -0.39 is 6.04 Å². The summed E-state index contributed by atoms with van der Waals surface area (Å²) in [5.41, 5.74) is 2.16. The second-order valence-corrected chi connectivity index (χ2v) is 8.23. The Balaban J connectivity index is 2.03. The van der Waals surface area contributed by atoms with E-state index in [4.69, 9.17) is 11.6 Å². The molecule has 0 aromatic heterocycles. The number of hydrogen-bond donors (Lipinski definition) is 1. The van der Waals surface area contributed by atoms with Gasteiger partial charge in [-0.25, -0.2) is 0 Å². The van der Waals surface area contributed by atoms with Crippen LogP contribution < -0.4 is 5.32 Å². The lowest BCUT2D eigenvalue weighted by Crippen LogP contribution is -2.47. The van der Waals surface area contributed by atoms with Gasteiger partial charge in [-0.05, 0) is 50.6 Å². The number of aryl methyl sites for hydroxylation is 1. The van der Waals surface area contributed by atoms with E-state index in [2.05, 4.69) is 36.5 Å². The Bertz CT molecular complexity index is 778. The van der Waals surface area contributed by atoms with Crippen LogP contribution in [0, 0.1) is 6.92 Å². The second-order valence-electron chi connectivity index (χ2n) is 6.63. The van der Waals surface area contributed by atoms with Crippen LogP contribution in [0.1, 0.15) is 31.4 Å². The molecule has 0 aliphatic rings. The molecular formula is C22H27ClN2O2S. The Morgan fingerprint density at radius 2 is 1.75 bits per heavy atom. The monoisotopic (exact) mass is 418 g/mol. The van der Waals surface area contributed by atoms with E-state index in [1.54, 1.807) is 35.7 Å². The Kier molecular flexibility index (Phi) is 8.87. The van der Waals surface area contributed by atoms with Gasteiger partial charge in [-0.2, -0.15) is 0 Å². The number of thioether (sulfide) groups is 1. The molecule has 28 heavy (non-hydrogen) atoms. The number of benzene rings is 2. The van der Waals surface area contributed by atoms with Gasteiger partial charge in [0.25, 0.3) is 0 Å². The molecule has 4 nitrogen and oxygen atoms in total. The topological polar surface area (TPSA) is 49.4 Å². The van der Waals surface area contributed by atoms with Gasteiger partial charge < -0.3 is 10.2 Å². The number of carbonyl (C=O) groups excluding carboxylic acids is 2. The number of amides is 2. The molecule has 2 aromatic carbocycles. The molecule has 1 atom stereocenters. The van der Waals surface area contributed by atoms with Crippen molar-refractivity contribution in [2.75, 3.05) is 12.3 Å². The summed E-state index contributed by atoms with van der Waals surface area (Å²) in [6.07, 6.45) is 0.371. The molecule has 150 valence electrons. The number of likely N-dealkylation sites (N-methyl/N-ethyl adjacent to an activating group) is 1. The lowest BCUT2D eigenvalue weighted by molar-refractivity contribution is -0.140. The summed E-state index contributed by atoms with van der Waals surface area (Å²) in [5, 5.41) is 3.45. The largest absolute Gasteiger partial charge is 0.355 e. The fourth-order valence-corrected chi connectivity index (χ4v) is 3.69. The molecule has 0 aliphatic heterocycles. The van der Waals surface area contributed by atoms with E-state index >= 15 is 0 Å². The van der Waals surface area contributed by atoms with Crippen molar-refractivity contribution in [3.8, 4) is 0 Å². The van der Waals surface area contributed by atoms with Crippen LogP contribution in [0.3, 0.4) is 0 Å². The minimum Gasteiger partial charge on any atom is -0.355 e.